The van der Waals surface area contributed by atoms with E-state index in [1.807, 2.05) is 45.9 Å². The molecule has 2 N–H and O–H groups in total. The van der Waals surface area contributed by atoms with Gasteiger partial charge in [0, 0.05) is 12.0 Å². The van der Waals surface area contributed by atoms with E-state index in [4.69, 9.17) is 4.74 Å². The second kappa shape index (κ2) is 9.33. The standard InChI is InChI=1S/C19H31NO3S/c1-15-8-6-9-16(12-15)19(14-21,10-7-11-24-5)13-20-17(22)23-18(2,3)4/h6,8-9,12,21H,7,10-11,13-14H2,1-5H3,(H,20,22). The number of aliphatic hydroxyl groups is 1. The Morgan fingerprint density at radius 3 is 2.58 bits per heavy atom. The molecule has 1 rings (SSSR count). The minimum absolute atomic E-state index is 0.0133. The topological polar surface area (TPSA) is 58.6 Å². The van der Waals surface area contributed by atoms with Crippen molar-refractivity contribution in [2.24, 2.45) is 0 Å². The Kier molecular flexibility index (Phi) is 8.10. The minimum Gasteiger partial charge on any atom is -0.444 e. The maximum atomic E-state index is 12.0. The lowest BCUT2D eigenvalue weighted by atomic mass is 9.77. The maximum absolute atomic E-state index is 12.0. The largest absolute Gasteiger partial charge is 0.444 e. The molecule has 1 aromatic carbocycles. The zero-order valence-corrected chi connectivity index (χ0v) is 16.3. The van der Waals surface area contributed by atoms with Gasteiger partial charge < -0.3 is 15.2 Å². The quantitative estimate of drug-likeness (QED) is 0.696. The molecule has 0 aliphatic rings. The first kappa shape index (κ1) is 20.8. The van der Waals surface area contributed by atoms with E-state index < -0.39 is 17.1 Å². The van der Waals surface area contributed by atoms with E-state index in [0.29, 0.717) is 6.54 Å². The molecule has 0 aliphatic carbocycles. The van der Waals surface area contributed by atoms with E-state index in [0.717, 1.165) is 29.7 Å². The molecule has 136 valence electrons. The summed E-state index contributed by atoms with van der Waals surface area (Å²) in [5.41, 5.74) is 1.18. The van der Waals surface area contributed by atoms with Crippen LogP contribution in [0.2, 0.25) is 0 Å². The van der Waals surface area contributed by atoms with Gasteiger partial charge in [-0.25, -0.2) is 4.79 Å². The zero-order valence-electron chi connectivity index (χ0n) is 15.5. The molecule has 4 nitrogen and oxygen atoms in total. The Hall–Kier alpha value is -1.20. The summed E-state index contributed by atoms with van der Waals surface area (Å²) in [7, 11) is 0. The van der Waals surface area contributed by atoms with Crippen LogP contribution in [0.1, 0.15) is 44.7 Å². The molecule has 0 fully saturated rings. The third kappa shape index (κ3) is 6.73. The number of hydrogen-bond donors (Lipinski definition) is 2. The average Bonchev–Trinajstić information content (AvgIpc) is 2.49. The van der Waals surface area contributed by atoms with Crippen molar-refractivity contribution in [3.05, 3.63) is 35.4 Å². The van der Waals surface area contributed by atoms with Gasteiger partial charge in [-0.3, -0.25) is 0 Å². The summed E-state index contributed by atoms with van der Waals surface area (Å²) in [6.45, 7) is 7.90. The molecule has 5 heteroatoms. The van der Waals surface area contributed by atoms with Gasteiger partial charge in [0.15, 0.2) is 0 Å². The fourth-order valence-electron chi connectivity index (χ4n) is 2.65. The lowest BCUT2D eigenvalue weighted by Crippen LogP contribution is -2.45. The van der Waals surface area contributed by atoms with Gasteiger partial charge in [0.2, 0.25) is 0 Å². The van der Waals surface area contributed by atoms with Gasteiger partial charge in [0.1, 0.15) is 5.60 Å². The Morgan fingerprint density at radius 1 is 1.33 bits per heavy atom. The summed E-state index contributed by atoms with van der Waals surface area (Å²) in [6.07, 6.45) is 3.42. The van der Waals surface area contributed by atoms with Gasteiger partial charge in [0.25, 0.3) is 0 Å². The maximum Gasteiger partial charge on any atom is 0.407 e. The number of hydrogen-bond acceptors (Lipinski definition) is 4. The number of aliphatic hydroxyl groups excluding tert-OH is 1. The normalized spacial score (nSPS) is 14.1. The summed E-state index contributed by atoms with van der Waals surface area (Å²) < 4.78 is 5.33. The first-order chi connectivity index (χ1) is 11.2. The molecule has 1 aromatic rings. The van der Waals surface area contributed by atoms with Crippen molar-refractivity contribution in [3.63, 3.8) is 0 Å². The smallest absolute Gasteiger partial charge is 0.407 e. The van der Waals surface area contributed by atoms with Gasteiger partial charge in [0.05, 0.1) is 6.61 Å². The Labute approximate surface area is 150 Å². The molecule has 1 amide bonds. The first-order valence-corrected chi connectivity index (χ1v) is 9.75. The van der Waals surface area contributed by atoms with Crippen LogP contribution in [-0.2, 0) is 10.2 Å². The monoisotopic (exact) mass is 353 g/mol. The van der Waals surface area contributed by atoms with Crippen molar-refractivity contribution in [2.45, 2.75) is 51.6 Å². The van der Waals surface area contributed by atoms with Crippen molar-refractivity contribution < 1.29 is 14.6 Å². The molecule has 0 saturated carbocycles. The van der Waals surface area contributed by atoms with E-state index in [-0.39, 0.29) is 6.61 Å². The molecular formula is C19H31NO3S. The van der Waals surface area contributed by atoms with Crippen molar-refractivity contribution in [1.82, 2.24) is 5.32 Å². The lowest BCUT2D eigenvalue weighted by Gasteiger charge is -2.33. The number of thioether (sulfide) groups is 1. The Balaban J connectivity index is 2.93. The minimum atomic E-state index is -0.534. The van der Waals surface area contributed by atoms with Gasteiger partial charge in [-0.2, -0.15) is 11.8 Å². The molecule has 0 radical (unpaired) electrons. The molecule has 0 spiro atoms. The number of alkyl carbamates (subject to hydrolysis) is 1. The molecule has 0 aliphatic heterocycles. The average molecular weight is 354 g/mol. The first-order valence-electron chi connectivity index (χ1n) is 8.36. The third-order valence-electron chi connectivity index (χ3n) is 3.91. The third-order valence-corrected chi connectivity index (χ3v) is 4.60. The number of carbonyl (C=O) groups is 1. The number of rotatable bonds is 8. The molecule has 1 atom stereocenters. The van der Waals surface area contributed by atoms with Gasteiger partial charge >= 0.3 is 6.09 Å². The van der Waals surface area contributed by atoms with Crippen LogP contribution in [0.4, 0.5) is 4.79 Å². The zero-order chi connectivity index (χ0) is 18.2. The molecule has 0 aromatic heterocycles. The highest BCUT2D eigenvalue weighted by Crippen LogP contribution is 2.30. The number of ether oxygens (including phenoxy) is 1. The molecule has 24 heavy (non-hydrogen) atoms. The van der Waals surface area contributed by atoms with E-state index >= 15 is 0 Å². The van der Waals surface area contributed by atoms with Crippen LogP contribution in [0.3, 0.4) is 0 Å². The molecule has 1 unspecified atom stereocenters. The van der Waals surface area contributed by atoms with E-state index in [2.05, 4.69) is 17.6 Å². The highest BCUT2D eigenvalue weighted by Gasteiger charge is 2.32. The SMILES string of the molecule is CSCCCC(CO)(CNC(=O)OC(C)(C)C)c1cccc(C)c1. The molecule has 0 saturated heterocycles. The van der Waals surface area contributed by atoms with Crippen LogP contribution in [0.15, 0.2) is 24.3 Å². The van der Waals surface area contributed by atoms with Crippen LogP contribution in [0.25, 0.3) is 0 Å². The second-order valence-electron chi connectivity index (χ2n) is 7.26. The molecular weight excluding hydrogens is 322 g/mol. The summed E-state index contributed by atoms with van der Waals surface area (Å²) in [5.74, 6) is 1.03. The number of benzene rings is 1. The summed E-state index contributed by atoms with van der Waals surface area (Å²) in [4.78, 5) is 12.0. The fraction of sp³-hybridized carbons (Fsp3) is 0.632. The second-order valence-corrected chi connectivity index (χ2v) is 8.25. The van der Waals surface area contributed by atoms with Gasteiger partial charge in [-0.05, 0) is 58.1 Å². The van der Waals surface area contributed by atoms with E-state index in [9.17, 15) is 9.90 Å². The predicted molar refractivity (Wildman–Crippen MR) is 102 cm³/mol. The lowest BCUT2D eigenvalue weighted by molar-refractivity contribution is 0.0500. The number of nitrogens with one attached hydrogen (secondary N) is 1. The number of aryl methyl sites for hydroxylation is 1. The molecule has 0 heterocycles. The van der Waals surface area contributed by atoms with Crippen molar-refractivity contribution in [3.8, 4) is 0 Å². The fourth-order valence-corrected chi connectivity index (χ4v) is 3.08. The van der Waals surface area contributed by atoms with E-state index in [1.54, 1.807) is 11.8 Å². The van der Waals surface area contributed by atoms with Crippen LogP contribution >= 0.6 is 11.8 Å². The van der Waals surface area contributed by atoms with Crippen molar-refractivity contribution >= 4 is 17.9 Å². The number of amides is 1. The highest BCUT2D eigenvalue weighted by atomic mass is 32.2. The van der Waals surface area contributed by atoms with Crippen LogP contribution in [0.5, 0.6) is 0 Å². The van der Waals surface area contributed by atoms with Gasteiger partial charge in [-0.15, -0.1) is 0 Å². The van der Waals surface area contributed by atoms with Gasteiger partial charge in [-0.1, -0.05) is 29.8 Å². The molecule has 0 bridgehead atoms. The Bertz CT molecular complexity index is 528. The summed E-state index contributed by atoms with van der Waals surface area (Å²) in [6, 6.07) is 8.15. The predicted octanol–water partition coefficient (Wildman–Crippen LogP) is 3.89. The number of carbonyl (C=O) groups excluding carboxylic acids is 1. The van der Waals surface area contributed by atoms with Crippen LogP contribution < -0.4 is 5.32 Å². The van der Waals surface area contributed by atoms with Crippen LogP contribution in [-0.4, -0.2) is 42.0 Å². The van der Waals surface area contributed by atoms with Crippen LogP contribution in [0, 0.1) is 6.92 Å². The van der Waals surface area contributed by atoms with Crippen molar-refractivity contribution in [1.29, 1.82) is 0 Å². The van der Waals surface area contributed by atoms with E-state index in [1.165, 1.54) is 0 Å². The summed E-state index contributed by atoms with van der Waals surface area (Å²) in [5, 5.41) is 13.0. The summed E-state index contributed by atoms with van der Waals surface area (Å²) >= 11 is 1.79. The van der Waals surface area contributed by atoms with Crippen molar-refractivity contribution in [2.75, 3.05) is 25.2 Å². The highest BCUT2D eigenvalue weighted by molar-refractivity contribution is 7.98. The Morgan fingerprint density at radius 2 is 2.04 bits per heavy atom.